The van der Waals surface area contributed by atoms with Gasteiger partial charge in [-0.2, -0.15) is 5.26 Å². The van der Waals surface area contributed by atoms with Gasteiger partial charge >= 0.3 is 0 Å². The predicted octanol–water partition coefficient (Wildman–Crippen LogP) is 5.17. The van der Waals surface area contributed by atoms with Crippen LogP contribution in [0.15, 0.2) is 76.9 Å². The molecule has 4 aromatic rings. The van der Waals surface area contributed by atoms with Crippen LogP contribution >= 0.6 is 23.1 Å². The summed E-state index contributed by atoms with van der Waals surface area (Å²) in [6.45, 7) is 5.79. The summed E-state index contributed by atoms with van der Waals surface area (Å²) in [5.74, 6) is -0.0980. The number of hydrogen-bond donors (Lipinski definition) is 1. The maximum Gasteiger partial charge on any atom is 0.262 e. The number of rotatable bonds is 6. The van der Waals surface area contributed by atoms with E-state index in [2.05, 4.69) is 22.6 Å². The lowest BCUT2D eigenvalue weighted by molar-refractivity contribution is 0.402. The number of aromatic nitrogens is 3. The molecule has 0 spiro atoms. The number of benzene rings is 2. The largest absolute Gasteiger partial charge is 0.510 e. The summed E-state index contributed by atoms with van der Waals surface area (Å²) in [5.41, 5.74) is 1.31. The average Bonchev–Trinajstić information content (AvgIpc) is 3.20. The molecule has 8 heteroatoms. The van der Waals surface area contributed by atoms with Gasteiger partial charge in [0.2, 0.25) is 0 Å². The highest BCUT2D eigenvalue weighted by Crippen LogP contribution is 2.33. The first-order valence-electron chi connectivity index (χ1n) is 9.49. The van der Waals surface area contributed by atoms with Crippen LogP contribution in [0.4, 0.5) is 0 Å². The molecular weight excluding hydrogens is 428 g/mol. The first-order valence-corrected chi connectivity index (χ1v) is 11.2. The molecule has 0 aliphatic rings. The van der Waals surface area contributed by atoms with Crippen LogP contribution in [-0.2, 0) is 6.54 Å². The van der Waals surface area contributed by atoms with Crippen LogP contribution in [0.1, 0.15) is 11.9 Å². The van der Waals surface area contributed by atoms with E-state index >= 15 is 0 Å². The molecule has 1 atom stereocenters. The highest BCUT2D eigenvalue weighted by atomic mass is 32.2. The Labute approximate surface area is 186 Å². The van der Waals surface area contributed by atoms with Gasteiger partial charge in [0.05, 0.1) is 26.4 Å². The minimum Gasteiger partial charge on any atom is -0.510 e. The Morgan fingerprint density at radius 1 is 1.26 bits per heavy atom. The van der Waals surface area contributed by atoms with E-state index in [1.54, 1.807) is 31.2 Å². The summed E-state index contributed by atoms with van der Waals surface area (Å²) < 4.78 is 2.46. The summed E-state index contributed by atoms with van der Waals surface area (Å²) in [5, 5.41) is 21.5. The van der Waals surface area contributed by atoms with Gasteiger partial charge < -0.3 is 5.11 Å². The van der Waals surface area contributed by atoms with Crippen LogP contribution < -0.4 is 5.56 Å². The molecule has 2 heterocycles. The summed E-state index contributed by atoms with van der Waals surface area (Å²) >= 11 is 2.57. The van der Waals surface area contributed by atoms with Gasteiger partial charge in [-0.1, -0.05) is 42.1 Å². The van der Waals surface area contributed by atoms with Crippen molar-refractivity contribution >= 4 is 49.8 Å². The minimum absolute atomic E-state index is 0.0980. The highest BCUT2D eigenvalue weighted by molar-refractivity contribution is 7.99. The van der Waals surface area contributed by atoms with Gasteiger partial charge in [-0.25, -0.2) is 9.97 Å². The zero-order valence-electron chi connectivity index (χ0n) is 16.6. The molecule has 1 N–H and O–H groups in total. The molecule has 0 bridgehead atoms. The normalized spacial score (nSPS) is 13.0. The number of aliphatic hydroxyl groups is 1. The SMILES string of the molecule is C=CCn1c(SC(C)/C(O)=C(\C#N)c2nc3ccccc3s2)nc2ccccc2c1=O. The van der Waals surface area contributed by atoms with Crippen molar-refractivity contribution in [1.29, 1.82) is 5.26 Å². The lowest BCUT2D eigenvalue weighted by Crippen LogP contribution is -2.23. The van der Waals surface area contributed by atoms with Crippen molar-refractivity contribution in [2.45, 2.75) is 23.9 Å². The zero-order chi connectivity index (χ0) is 22.0. The molecule has 4 rings (SSSR count). The van der Waals surface area contributed by atoms with Crippen molar-refractivity contribution in [3.8, 4) is 6.07 Å². The third-order valence-corrected chi connectivity index (χ3v) is 6.83. The van der Waals surface area contributed by atoms with E-state index < -0.39 is 5.25 Å². The number of thioether (sulfide) groups is 1. The Morgan fingerprint density at radius 2 is 1.97 bits per heavy atom. The molecule has 0 amide bonds. The molecule has 0 aliphatic carbocycles. The van der Waals surface area contributed by atoms with E-state index in [1.807, 2.05) is 30.3 Å². The quantitative estimate of drug-likeness (QED) is 0.144. The Morgan fingerprint density at radius 3 is 2.68 bits per heavy atom. The lowest BCUT2D eigenvalue weighted by atomic mass is 10.2. The topological polar surface area (TPSA) is 91.8 Å². The summed E-state index contributed by atoms with van der Waals surface area (Å²) in [6, 6.07) is 16.8. The van der Waals surface area contributed by atoms with Crippen LogP contribution in [0, 0.1) is 11.3 Å². The van der Waals surface area contributed by atoms with Crippen molar-refractivity contribution in [1.82, 2.24) is 14.5 Å². The van der Waals surface area contributed by atoms with Crippen molar-refractivity contribution < 1.29 is 5.11 Å². The summed E-state index contributed by atoms with van der Waals surface area (Å²) in [4.78, 5) is 22.0. The molecule has 0 radical (unpaired) electrons. The Bertz CT molecular complexity index is 1400. The molecule has 6 nitrogen and oxygen atoms in total. The lowest BCUT2D eigenvalue weighted by Gasteiger charge is -2.15. The summed E-state index contributed by atoms with van der Waals surface area (Å²) in [7, 11) is 0. The maximum absolute atomic E-state index is 12.9. The third-order valence-electron chi connectivity index (χ3n) is 4.68. The monoisotopic (exact) mass is 446 g/mol. The number of para-hydroxylation sites is 2. The second-order valence-electron chi connectivity index (χ2n) is 6.73. The number of aliphatic hydroxyl groups excluding tert-OH is 1. The first kappa shape index (κ1) is 20.8. The van der Waals surface area contributed by atoms with Gasteiger partial charge in [-0.15, -0.1) is 17.9 Å². The highest BCUT2D eigenvalue weighted by Gasteiger charge is 2.22. The predicted molar refractivity (Wildman–Crippen MR) is 126 cm³/mol. The van der Waals surface area contributed by atoms with Crippen molar-refractivity contribution in [2.24, 2.45) is 0 Å². The van der Waals surface area contributed by atoms with Crippen LogP contribution in [0.3, 0.4) is 0 Å². The van der Waals surface area contributed by atoms with Crippen LogP contribution in [0.5, 0.6) is 0 Å². The number of nitriles is 1. The van der Waals surface area contributed by atoms with Gasteiger partial charge in [-0.05, 0) is 31.2 Å². The fourth-order valence-electron chi connectivity index (χ4n) is 3.14. The van der Waals surface area contributed by atoms with E-state index in [4.69, 9.17) is 0 Å². The number of allylic oxidation sites excluding steroid dienone is 2. The first-order chi connectivity index (χ1) is 15.0. The van der Waals surface area contributed by atoms with Crippen LogP contribution in [0.25, 0.3) is 26.7 Å². The average molecular weight is 447 g/mol. The molecule has 0 saturated carbocycles. The van der Waals surface area contributed by atoms with Crippen molar-refractivity contribution in [3.05, 3.63) is 82.3 Å². The Balaban J connectivity index is 1.75. The minimum atomic E-state index is -0.522. The van der Waals surface area contributed by atoms with E-state index in [0.29, 0.717) is 27.6 Å². The molecule has 0 saturated heterocycles. The number of thiazole rings is 1. The van der Waals surface area contributed by atoms with E-state index in [0.717, 1.165) is 10.2 Å². The molecule has 1 unspecified atom stereocenters. The Kier molecular flexibility index (Phi) is 5.89. The van der Waals surface area contributed by atoms with Crippen LogP contribution in [-0.4, -0.2) is 24.9 Å². The second-order valence-corrected chi connectivity index (χ2v) is 9.07. The zero-order valence-corrected chi connectivity index (χ0v) is 18.3. The molecular formula is C23H18N4O2S2. The maximum atomic E-state index is 12.9. The standard InChI is InChI=1S/C23H18N4O2S2/c1-3-12-27-22(29)15-8-4-5-9-17(15)26-23(27)30-14(2)20(28)16(13-24)21-25-18-10-6-7-11-19(18)31-21/h3-11,14,28H,1,12H2,2H3/b20-16-. The fourth-order valence-corrected chi connectivity index (χ4v) is 5.09. The van der Waals surface area contributed by atoms with Gasteiger partial charge in [-0.3, -0.25) is 9.36 Å². The molecule has 2 aromatic heterocycles. The number of fused-ring (bicyclic) bond motifs is 2. The van der Waals surface area contributed by atoms with Crippen molar-refractivity contribution in [2.75, 3.05) is 0 Å². The Hall–Kier alpha value is -3.41. The van der Waals surface area contributed by atoms with Gasteiger partial charge in [0.25, 0.3) is 5.56 Å². The second kappa shape index (κ2) is 8.76. The molecule has 154 valence electrons. The fraction of sp³-hybridized carbons (Fsp3) is 0.130. The summed E-state index contributed by atoms with van der Waals surface area (Å²) in [6.07, 6.45) is 1.63. The molecule has 2 aromatic carbocycles. The number of hydrogen-bond acceptors (Lipinski definition) is 7. The molecule has 0 fully saturated rings. The third kappa shape index (κ3) is 3.98. The van der Waals surface area contributed by atoms with E-state index in [-0.39, 0.29) is 16.9 Å². The molecule has 0 aliphatic heterocycles. The van der Waals surface area contributed by atoms with E-state index in [9.17, 15) is 15.2 Å². The number of nitrogens with zero attached hydrogens (tertiary/aromatic N) is 4. The smallest absolute Gasteiger partial charge is 0.262 e. The molecule has 31 heavy (non-hydrogen) atoms. The van der Waals surface area contributed by atoms with Crippen LogP contribution in [0.2, 0.25) is 0 Å². The van der Waals surface area contributed by atoms with Crippen molar-refractivity contribution in [3.63, 3.8) is 0 Å². The van der Waals surface area contributed by atoms with Gasteiger partial charge in [0, 0.05) is 6.54 Å². The van der Waals surface area contributed by atoms with Gasteiger partial charge in [0.1, 0.15) is 22.4 Å². The van der Waals surface area contributed by atoms with Gasteiger partial charge in [0.15, 0.2) is 5.16 Å². The van der Waals surface area contributed by atoms with E-state index in [1.165, 1.54) is 27.7 Å².